The van der Waals surface area contributed by atoms with Gasteiger partial charge in [0, 0.05) is 10.1 Å². The van der Waals surface area contributed by atoms with Gasteiger partial charge in [0.2, 0.25) is 0 Å². The summed E-state index contributed by atoms with van der Waals surface area (Å²) in [4.78, 5) is 12.1. The van der Waals surface area contributed by atoms with Crippen molar-refractivity contribution in [3.63, 3.8) is 0 Å². The lowest BCUT2D eigenvalue weighted by atomic mass is 10.1. The van der Waals surface area contributed by atoms with Gasteiger partial charge in [-0.15, -0.1) is 11.3 Å². The van der Waals surface area contributed by atoms with Crippen LogP contribution in [0.25, 0.3) is 10.1 Å². The molecule has 0 amide bonds. The van der Waals surface area contributed by atoms with Crippen molar-refractivity contribution in [3.05, 3.63) is 34.2 Å². The second kappa shape index (κ2) is 4.56. The van der Waals surface area contributed by atoms with Crippen molar-refractivity contribution < 1.29 is 9.53 Å². The zero-order chi connectivity index (χ0) is 12.4. The normalized spacial score (nSPS) is 10.2. The first kappa shape index (κ1) is 11.6. The van der Waals surface area contributed by atoms with Crippen LogP contribution in [0.4, 0.5) is 0 Å². The molecule has 1 aromatic heterocycles. The minimum Gasteiger partial charge on any atom is -0.462 e. The van der Waals surface area contributed by atoms with E-state index in [0.717, 1.165) is 15.6 Å². The Bertz CT molecular complexity index is 622. The minimum absolute atomic E-state index is 0.316. The smallest absolute Gasteiger partial charge is 0.349 e. The molecule has 1 aromatic carbocycles. The summed E-state index contributed by atoms with van der Waals surface area (Å²) < 4.78 is 5.91. The predicted octanol–water partition coefficient (Wildman–Crippen LogP) is 3.26. The molecule has 0 aliphatic heterocycles. The van der Waals surface area contributed by atoms with Crippen molar-refractivity contribution in [2.75, 3.05) is 6.61 Å². The average molecular weight is 245 g/mol. The number of nitriles is 1. The molecule has 0 N–H and O–H groups in total. The van der Waals surface area contributed by atoms with Crippen LogP contribution in [-0.2, 0) is 4.74 Å². The Morgan fingerprint density at radius 3 is 2.94 bits per heavy atom. The lowest BCUT2D eigenvalue weighted by Crippen LogP contribution is -2.03. The fourth-order valence-electron chi connectivity index (χ4n) is 1.77. The Kier molecular flexibility index (Phi) is 3.12. The van der Waals surface area contributed by atoms with Crippen LogP contribution < -0.4 is 0 Å². The Labute approximate surface area is 103 Å². The Hall–Kier alpha value is -1.86. The van der Waals surface area contributed by atoms with Crippen LogP contribution in [-0.4, -0.2) is 12.6 Å². The van der Waals surface area contributed by atoms with Crippen LogP contribution in [0.5, 0.6) is 0 Å². The Balaban J connectivity index is 2.70. The number of benzene rings is 1. The van der Waals surface area contributed by atoms with Crippen molar-refractivity contribution in [1.82, 2.24) is 0 Å². The van der Waals surface area contributed by atoms with Gasteiger partial charge >= 0.3 is 5.97 Å². The third kappa shape index (κ3) is 1.90. The number of carbonyl (C=O) groups excluding carboxylic acids is 1. The van der Waals surface area contributed by atoms with Crippen LogP contribution in [0.1, 0.15) is 27.7 Å². The van der Waals surface area contributed by atoms with Gasteiger partial charge in [0.1, 0.15) is 10.9 Å². The van der Waals surface area contributed by atoms with Gasteiger partial charge in [-0.05, 0) is 25.5 Å². The highest BCUT2D eigenvalue weighted by atomic mass is 32.1. The van der Waals surface area contributed by atoms with E-state index >= 15 is 0 Å². The third-order valence-corrected chi connectivity index (χ3v) is 3.63. The van der Waals surface area contributed by atoms with E-state index in [2.05, 4.69) is 6.07 Å². The molecule has 2 aromatic rings. The summed E-state index contributed by atoms with van der Waals surface area (Å²) in [5, 5.41) is 10.1. The first-order valence-electron chi connectivity index (χ1n) is 5.28. The number of carbonyl (C=O) groups is 1. The first-order chi connectivity index (χ1) is 8.19. The van der Waals surface area contributed by atoms with Gasteiger partial charge in [-0.1, -0.05) is 12.1 Å². The molecule has 0 aliphatic carbocycles. The number of fused-ring (bicyclic) bond motifs is 1. The number of hydrogen-bond acceptors (Lipinski definition) is 4. The number of esters is 1. The zero-order valence-electron chi connectivity index (χ0n) is 9.61. The molecule has 0 fully saturated rings. The number of thiophene rings is 1. The molecule has 0 bridgehead atoms. The minimum atomic E-state index is -0.412. The summed E-state index contributed by atoms with van der Waals surface area (Å²) in [6, 6.07) is 7.88. The van der Waals surface area contributed by atoms with E-state index in [-0.39, 0.29) is 0 Å². The summed E-state index contributed by atoms with van der Waals surface area (Å²) in [7, 11) is 0. The maximum absolute atomic E-state index is 11.7. The standard InChI is InChI=1S/C13H11NO2S/c1-3-16-13(15)12-9(7-14)11-8(2)5-4-6-10(11)17-12/h4-6H,3H2,1-2H3. The van der Waals surface area contributed by atoms with Gasteiger partial charge in [0.25, 0.3) is 0 Å². The summed E-state index contributed by atoms with van der Waals surface area (Å²) in [5.41, 5.74) is 1.44. The molecule has 3 nitrogen and oxygen atoms in total. The fraction of sp³-hybridized carbons (Fsp3) is 0.231. The lowest BCUT2D eigenvalue weighted by Gasteiger charge is -1.98. The van der Waals surface area contributed by atoms with Crippen molar-refractivity contribution in [1.29, 1.82) is 5.26 Å². The Morgan fingerprint density at radius 1 is 1.53 bits per heavy atom. The van der Waals surface area contributed by atoms with Crippen molar-refractivity contribution in [3.8, 4) is 6.07 Å². The molecule has 0 unspecified atom stereocenters. The molecule has 0 spiro atoms. The Morgan fingerprint density at radius 2 is 2.29 bits per heavy atom. The summed E-state index contributed by atoms with van der Waals surface area (Å²) >= 11 is 1.31. The van der Waals surface area contributed by atoms with E-state index in [1.54, 1.807) is 6.92 Å². The highest BCUT2D eigenvalue weighted by molar-refractivity contribution is 7.21. The van der Waals surface area contributed by atoms with Crippen LogP contribution in [0, 0.1) is 18.3 Å². The molecule has 0 aliphatic rings. The van der Waals surface area contributed by atoms with Crippen molar-refractivity contribution >= 4 is 27.4 Å². The monoisotopic (exact) mass is 245 g/mol. The third-order valence-electron chi connectivity index (χ3n) is 2.50. The van der Waals surface area contributed by atoms with Crippen LogP contribution in [0.3, 0.4) is 0 Å². The first-order valence-corrected chi connectivity index (χ1v) is 6.10. The largest absolute Gasteiger partial charge is 0.462 e. The molecule has 1 heterocycles. The maximum atomic E-state index is 11.7. The van der Waals surface area contributed by atoms with E-state index < -0.39 is 5.97 Å². The molecular formula is C13H11NO2S. The van der Waals surface area contributed by atoms with Crippen LogP contribution in [0.2, 0.25) is 0 Å². The second-order valence-corrected chi connectivity index (χ2v) is 4.64. The molecule has 0 saturated carbocycles. The molecule has 0 radical (unpaired) electrons. The molecule has 86 valence electrons. The van der Waals surface area contributed by atoms with E-state index in [1.807, 2.05) is 25.1 Å². The second-order valence-electron chi connectivity index (χ2n) is 3.59. The van der Waals surface area contributed by atoms with Gasteiger partial charge in [-0.25, -0.2) is 4.79 Å². The number of nitrogens with zero attached hydrogens (tertiary/aromatic N) is 1. The zero-order valence-corrected chi connectivity index (χ0v) is 10.4. The van der Waals surface area contributed by atoms with E-state index in [9.17, 15) is 10.1 Å². The number of ether oxygens (including phenoxy) is 1. The molecule has 0 atom stereocenters. The topological polar surface area (TPSA) is 50.1 Å². The quantitative estimate of drug-likeness (QED) is 0.763. The van der Waals surface area contributed by atoms with Gasteiger partial charge in [0.05, 0.1) is 12.2 Å². The molecule has 2 rings (SSSR count). The van der Waals surface area contributed by atoms with Crippen molar-refractivity contribution in [2.45, 2.75) is 13.8 Å². The molecule has 4 heteroatoms. The average Bonchev–Trinajstić information content (AvgIpc) is 2.69. The molecule has 0 saturated heterocycles. The van der Waals surface area contributed by atoms with Gasteiger partial charge in [-0.3, -0.25) is 0 Å². The molecule has 17 heavy (non-hydrogen) atoms. The summed E-state index contributed by atoms with van der Waals surface area (Å²) in [5.74, 6) is -0.412. The lowest BCUT2D eigenvalue weighted by molar-refractivity contribution is 0.0532. The van der Waals surface area contributed by atoms with Gasteiger partial charge < -0.3 is 4.74 Å². The van der Waals surface area contributed by atoms with Crippen LogP contribution in [0.15, 0.2) is 18.2 Å². The van der Waals surface area contributed by atoms with Crippen LogP contribution >= 0.6 is 11.3 Å². The van der Waals surface area contributed by atoms with E-state index in [0.29, 0.717) is 17.0 Å². The fourth-order valence-corrected chi connectivity index (χ4v) is 2.89. The maximum Gasteiger partial charge on any atom is 0.349 e. The molecular weight excluding hydrogens is 234 g/mol. The van der Waals surface area contributed by atoms with E-state index in [4.69, 9.17) is 4.74 Å². The van der Waals surface area contributed by atoms with Crippen molar-refractivity contribution in [2.24, 2.45) is 0 Å². The predicted molar refractivity (Wildman–Crippen MR) is 67.2 cm³/mol. The SMILES string of the molecule is CCOC(=O)c1sc2cccc(C)c2c1C#N. The van der Waals surface area contributed by atoms with Gasteiger partial charge in [0.15, 0.2) is 0 Å². The highest BCUT2D eigenvalue weighted by Gasteiger charge is 2.20. The van der Waals surface area contributed by atoms with Gasteiger partial charge in [-0.2, -0.15) is 5.26 Å². The highest BCUT2D eigenvalue weighted by Crippen LogP contribution is 2.33. The summed E-state index contributed by atoms with van der Waals surface area (Å²) in [6.07, 6.45) is 0. The number of hydrogen-bond donors (Lipinski definition) is 0. The number of rotatable bonds is 2. The number of aryl methyl sites for hydroxylation is 1. The summed E-state index contributed by atoms with van der Waals surface area (Å²) in [6.45, 7) is 4.00. The van der Waals surface area contributed by atoms with E-state index in [1.165, 1.54) is 11.3 Å².